The first-order chi connectivity index (χ1) is 7.36. The van der Waals surface area contributed by atoms with Crippen LogP contribution < -0.4 is 10.6 Å². The quantitative estimate of drug-likeness (QED) is 0.799. The summed E-state index contributed by atoms with van der Waals surface area (Å²) in [5, 5.41) is 6.34. The number of hydrogen-bond acceptors (Lipinski definition) is 3. The van der Waals surface area contributed by atoms with E-state index in [-0.39, 0.29) is 0 Å². The number of imidazole rings is 1. The Morgan fingerprint density at radius 1 is 1.13 bits per heavy atom. The van der Waals surface area contributed by atoms with Gasteiger partial charge in [0.25, 0.3) is 0 Å². The van der Waals surface area contributed by atoms with E-state index >= 15 is 0 Å². The number of nitrogens with one attached hydrogen (secondary N) is 2. The maximum atomic E-state index is 4.06. The largest absolute Gasteiger partial charge is 0.386 e. The van der Waals surface area contributed by atoms with Gasteiger partial charge in [-0.05, 0) is 12.1 Å². The number of nitrogens with zero attached hydrogens (tertiary/aromatic N) is 2. The average Bonchev–Trinajstić information content (AvgIpc) is 2.81. The Kier molecular flexibility index (Phi) is 2.58. The maximum absolute atomic E-state index is 4.06. The van der Waals surface area contributed by atoms with Crippen LogP contribution in [-0.4, -0.2) is 23.6 Å². The van der Waals surface area contributed by atoms with Crippen LogP contribution >= 0.6 is 0 Å². The third-order valence-electron chi connectivity index (χ3n) is 2.34. The molecule has 0 unspecified atom stereocenters. The Hall–Kier alpha value is -1.97. The number of benzene rings is 1. The van der Waals surface area contributed by atoms with Crippen LogP contribution in [0.25, 0.3) is 5.69 Å². The average molecular weight is 202 g/mol. The molecule has 0 saturated heterocycles. The molecule has 4 nitrogen and oxygen atoms in total. The molecule has 0 aliphatic carbocycles. The van der Waals surface area contributed by atoms with Crippen molar-refractivity contribution in [3.63, 3.8) is 0 Å². The molecule has 15 heavy (non-hydrogen) atoms. The lowest BCUT2D eigenvalue weighted by Gasteiger charge is -2.14. The van der Waals surface area contributed by atoms with Crippen molar-refractivity contribution in [1.29, 1.82) is 0 Å². The highest BCUT2D eigenvalue weighted by Gasteiger charge is 2.07. The first kappa shape index (κ1) is 9.58. The summed E-state index contributed by atoms with van der Waals surface area (Å²) in [6.45, 7) is 0. The molecule has 2 aromatic rings. The predicted octanol–water partition coefficient (Wildman–Crippen LogP) is 1.96. The zero-order chi connectivity index (χ0) is 10.7. The van der Waals surface area contributed by atoms with Gasteiger partial charge in [-0.3, -0.25) is 0 Å². The highest BCUT2D eigenvalue weighted by molar-refractivity contribution is 5.75. The van der Waals surface area contributed by atoms with Crippen molar-refractivity contribution >= 4 is 11.4 Å². The minimum atomic E-state index is 1.07. The molecule has 1 heterocycles. The fourth-order valence-electron chi connectivity index (χ4n) is 1.62. The Bertz CT molecular complexity index is 412. The van der Waals surface area contributed by atoms with Crippen LogP contribution in [0.5, 0.6) is 0 Å². The van der Waals surface area contributed by atoms with Gasteiger partial charge in [-0.25, -0.2) is 4.98 Å². The van der Waals surface area contributed by atoms with E-state index in [9.17, 15) is 0 Å². The number of aromatic nitrogens is 2. The van der Waals surface area contributed by atoms with Gasteiger partial charge in [0.05, 0.1) is 23.4 Å². The van der Waals surface area contributed by atoms with Crippen LogP contribution in [0.2, 0.25) is 0 Å². The predicted molar refractivity (Wildman–Crippen MR) is 62.7 cm³/mol. The maximum Gasteiger partial charge on any atom is 0.0993 e. The third-order valence-corrected chi connectivity index (χ3v) is 2.34. The molecule has 2 N–H and O–H groups in total. The summed E-state index contributed by atoms with van der Waals surface area (Å²) in [6, 6.07) is 6.09. The van der Waals surface area contributed by atoms with Crippen molar-refractivity contribution in [1.82, 2.24) is 9.55 Å². The smallest absolute Gasteiger partial charge is 0.0993 e. The van der Waals surface area contributed by atoms with Gasteiger partial charge in [0.15, 0.2) is 0 Å². The molecule has 0 fully saturated rings. The highest BCUT2D eigenvalue weighted by atomic mass is 15.1. The van der Waals surface area contributed by atoms with Gasteiger partial charge in [-0.15, -0.1) is 0 Å². The minimum Gasteiger partial charge on any atom is -0.386 e. The Morgan fingerprint density at radius 2 is 1.80 bits per heavy atom. The molecule has 0 bridgehead atoms. The Balaban J connectivity index is 2.61. The third kappa shape index (κ3) is 1.66. The molecule has 0 radical (unpaired) electrons. The van der Waals surface area contributed by atoms with Crippen molar-refractivity contribution in [2.45, 2.75) is 0 Å². The van der Waals surface area contributed by atoms with Crippen molar-refractivity contribution in [2.24, 2.45) is 0 Å². The summed E-state index contributed by atoms with van der Waals surface area (Å²) in [5.74, 6) is 0. The second-order valence-electron chi connectivity index (χ2n) is 3.17. The van der Waals surface area contributed by atoms with Crippen LogP contribution in [0.4, 0.5) is 11.4 Å². The lowest BCUT2D eigenvalue weighted by molar-refractivity contribution is 1.06. The fourth-order valence-corrected chi connectivity index (χ4v) is 1.62. The normalized spacial score (nSPS) is 10.0. The van der Waals surface area contributed by atoms with Gasteiger partial charge >= 0.3 is 0 Å². The fraction of sp³-hybridized carbons (Fsp3) is 0.182. The topological polar surface area (TPSA) is 41.9 Å². The molecule has 4 heteroatoms. The van der Waals surface area contributed by atoms with Crippen LogP contribution in [-0.2, 0) is 0 Å². The summed E-state index contributed by atoms with van der Waals surface area (Å²) >= 11 is 0. The van der Waals surface area contributed by atoms with E-state index in [0.29, 0.717) is 0 Å². The molecule has 78 valence electrons. The Morgan fingerprint density at radius 3 is 2.27 bits per heavy atom. The molecule has 0 spiro atoms. The lowest BCUT2D eigenvalue weighted by Crippen LogP contribution is -2.02. The molecular weight excluding hydrogens is 188 g/mol. The molecular formula is C11H14N4. The molecule has 0 atom stereocenters. The van der Waals surface area contributed by atoms with Gasteiger partial charge in [0.2, 0.25) is 0 Å². The first-order valence-electron chi connectivity index (χ1n) is 4.83. The van der Waals surface area contributed by atoms with E-state index < -0.39 is 0 Å². The molecule has 1 aromatic heterocycles. The van der Waals surface area contributed by atoms with Crippen LogP contribution in [0.15, 0.2) is 36.9 Å². The van der Waals surface area contributed by atoms with Crippen LogP contribution in [0.3, 0.4) is 0 Å². The molecule has 2 rings (SSSR count). The highest BCUT2D eigenvalue weighted by Crippen LogP contribution is 2.27. The zero-order valence-corrected chi connectivity index (χ0v) is 8.86. The van der Waals surface area contributed by atoms with Crippen molar-refractivity contribution in [3.05, 3.63) is 36.9 Å². The van der Waals surface area contributed by atoms with E-state index in [0.717, 1.165) is 17.1 Å². The standard InChI is InChI=1S/C11H14N4/c1-12-9-4-3-5-10(13-2)11(9)15-7-6-14-8-15/h3-8,12-13H,1-2H3. The minimum absolute atomic E-state index is 1.07. The van der Waals surface area contributed by atoms with Crippen LogP contribution in [0, 0.1) is 0 Å². The van der Waals surface area contributed by atoms with E-state index in [1.807, 2.05) is 43.1 Å². The lowest BCUT2D eigenvalue weighted by atomic mass is 10.2. The molecule has 0 saturated carbocycles. The van der Waals surface area contributed by atoms with E-state index in [4.69, 9.17) is 0 Å². The van der Waals surface area contributed by atoms with E-state index in [2.05, 4.69) is 15.6 Å². The van der Waals surface area contributed by atoms with E-state index in [1.54, 1.807) is 12.5 Å². The summed E-state index contributed by atoms with van der Waals surface area (Å²) in [5.41, 5.74) is 3.22. The summed E-state index contributed by atoms with van der Waals surface area (Å²) in [6.07, 6.45) is 5.49. The van der Waals surface area contributed by atoms with Gasteiger partial charge in [0.1, 0.15) is 0 Å². The van der Waals surface area contributed by atoms with Crippen molar-refractivity contribution in [2.75, 3.05) is 24.7 Å². The number of hydrogen-bond donors (Lipinski definition) is 2. The Labute approximate surface area is 89.0 Å². The van der Waals surface area contributed by atoms with Crippen LogP contribution in [0.1, 0.15) is 0 Å². The monoisotopic (exact) mass is 202 g/mol. The molecule has 0 aliphatic heterocycles. The second-order valence-corrected chi connectivity index (χ2v) is 3.17. The van der Waals surface area contributed by atoms with Crippen molar-refractivity contribution in [3.8, 4) is 5.69 Å². The first-order valence-corrected chi connectivity index (χ1v) is 4.83. The summed E-state index contributed by atoms with van der Waals surface area (Å²) in [4.78, 5) is 4.06. The molecule has 1 aromatic carbocycles. The van der Waals surface area contributed by atoms with Gasteiger partial charge in [0, 0.05) is 26.5 Å². The van der Waals surface area contributed by atoms with Crippen molar-refractivity contribution < 1.29 is 0 Å². The van der Waals surface area contributed by atoms with Gasteiger partial charge in [-0.1, -0.05) is 6.07 Å². The zero-order valence-electron chi connectivity index (χ0n) is 8.86. The van der Waals surface area contributed by atoms with E-state index in [1.165, 1.54) is 0 Å². The molecule has 0 amide bonds. The summed E-state index contributed by atoms with van der Waals surface area (Å²) < 4.78 is 1.98. The number of rotatable bonds is 3. The molecule has 0 aliphatic rings. The SMILES string of the molecule is CNc1cccc(NC)c1-n1ccnc1. The van der Waals surface area contributed by atoms with Gasteiger partial charge < -0.3 is 15.2 Å². The second kappa shape index (κ2) is 4.04. The number of anilines is 2. The van der Waals surface area contributed by atoms with Gasteiger partial charge in [-0.2, -0.15) is 0 Å². The number of para-hydroxylation sites is 1. The summed E-state index contributed by atoms with van der Waals surface area (Å²) in [7, 11) is 3.82.